The van der Waals surface area contributed by atoms with Gasteiger partial charge in [-0.05, 0) is 29.8 Å². The molecule has 0 bridgehead atoms. The molecule has 3 N–H and O–H groups in total. The summed E-state index contributed by atoms with van der Waals surface area (Å²) < 4.78 is 0. The first-order valence-electron chi connectivity index (χ1n) is 7.39. The first-order chi connectivity index (χ1) is 9.74. The van der Waals surface area contributed by atoms with E-state index in [2.05, 4.69) is 59.7 Å². The van der Waals surface area contributed by atoms with E-state index in [9.17, 15) is 0 Å². The lowest BCUT2D eigenvalue weighted by Crippen LogP contribution is -2.49. The van der Waals surface area contributed by atoms with E-state index in [0.29, 0.717) is 6.04 Å². The molecule has 0 spiro atoms. The molecule has 1 aliphatic rings. The molecule has 0 saturated carbocycles. The van der Waals surface area contributed by atoms with E-state index >= 15 is 0 Å². The number of rotatable bonds is 3. The Morgan fingerprint density at radius 1 is 1.25 bits per heavy atom. The Hall–Kier alpha value is -1.42. The minimum Gasteiger partial charge on any atom is -0.324 e. The fourth-order valence-electron chi connectivity index (χ4n) is 3.16. The Balaban J connectivity index is 1.80. The average Bonchev–Trinajstić information content (AvgIpc) is 2.46. The topological polar surface area (TPSA) is 41.3 Å². The second-order valence-corrected chi connectivity index (χ2v) is 5.82. The SMILES string of the molecule is CN1CCNC(CC(N)c2cccc3ccccc23)C1. The average molecular weight is 269 g/mol. The number of benzene rings is 2. The van der Waals surface area contributed by atoms with E-state index in [1.165, 1.54) is 16.3 Å². The molecule has 2 aromatic carbocycles. The van der Waals surface area contributed by atoms with Crippen molar-refractivity contribution in [3.8, 4) is 0 Å². The van der Waals surface area contributed by atoms with Gasteiger partial charge in [0.25, 0.3) is 0 Å². The highest BCUT2D eigenvalue weighted by atomic mass is 15.2. The molecule has 0 amide bonds. The zero-order valence-electron chi connectivity index (χ0n) is 12.0. The normalized spacial score (nSPS) is 22.0. The first-order valence-corrected chi connectivity index (χ1v) is 7.39. The highest BCUT2D eigenvalue weighted by molar-refractivity contribution is 5.86. The molecule has 3 rings (SSSR count). The fourth-order valence-corrected chi connectivity index (χ4v) is 3.16. The Morgan fingerprint density at radius 2 is 2.05 bits per heavy atom. The molecule has 3 heteroatoms. The number of fused-ring (bicyclic) bond motifs is 1. The van der Waals surface area contributed by atoms with Crippen molar-refractivity contribution in [3.63, 3.8) is 0 Å². The summed E-state index contributed by atoms with van der Waals surface area (Å²) in [5, 5.41) is 6.13. The molecule has 1 saturated heterocycles. The number of likely N-dealkylation sites (N-methyl/N-ethyl adjacent to an activating group) is 1. The molecule has 0 aromatic heterocycles. The van der Waals surface area contributed by atoms with Crippen LogP contribution in [0, 0.1) is 0 Å². The van der Waals surface area contributed by atoms with Crippen LogP contribution >= 0.6 is 0 Å². The maximum atomic E-state index is 6.48. The van der Waals surface area contributed by atoms with Gasteiger partial charge in [-0.15, -0.1) is 0 Å². The van der Waals surface area contributed by atoms with Crippen LogP contribution in [-0.2, 0) is 0 Å². The molecule has 1 fully saturated rings. The molecular weight excluding hydrogens is 246 g/mol. The molecule has 1 heterocycles. The third kappa shape index (κ3) is 2.85. The zero-order valence-corrected chi connectivity index (χ0v) is 12.0. The van der Waals surface area contributed by atoms with Gasteiger partial charge in [-0.3, -0.25) is 0 Å². The van der Waals surface area contributed by atoms with Crippen molar-refractivity contribution in [2.45, 2.75) is 18.5 Å². The van der Waals surface area contributed by atoms with Gasteiger partial charge < -0.3 is 16.0 Å². The van der Waals surface area contributed by atoms with Gasteiger partial charge in [0.15, 0.2) is 0 Å². The number of nitrogens with two attached hydrogens (primary N) is 1. The molecule has 2 unspecified atom stereocenters. The monoisotopic (exact) mass is 269 g/mol. The molecule has 2 aromatic rings. The predicted molar refractivity (Wildman–Crippen MR) is 84.8 cm³/mol. The van der Waals surface area contributed by atoms with E-state index in [1.54, 1.807) is 0 Å². The van der Waals surface area contributed by atoms with Gasteiger partial charge in [-0.1, -0.05) is 42.5 Å². The van der Waals surface area contributed by atoms with Gasteiger partial charge in [0, 0.05) is 31.7 Å². The van der Waals surface area contributed by atoms with Gasteiger partial charge in [0.2, 0.25) is 0 Å². The maximum Gasteiger partial charge on any atom is 0.0316 e. The van der Waals surface area contributed by atoms with Crippen molar-refractivity contribution in [2.75, 3.05) is 26.7 Å². The zero-order chi connectivity index (χ0) is 13.9. The van der Waals surface area contributed by atoms with E-state index in [0.717, 1.165) is 26.1 Å². The number of nitrogens with zero attached hydrogens (tertiary/aromatic N) is 1. The van der Waals surface area contributed by atoms with Gasteiger partial charge in [-0.2, -0.15) is 0 Å². The van der Waals surface area contributed by atoms with Crippen molar-refractivity contribution in [1.82, 2.24) is 10.2 Å². The summed E-state index contributed by atoms with van der Waals surface area (Å²) in [5.74, 6) is 0. The fraction of sp³-hybridized carbons (Fsp3) is 0.412. The van der Waals surface area contributed by atoms with Crippen molar-refractivity contribution in [1.29, 1.82) is 0 Å². The molecule has 106 valence electrons. The molecule has 0 aliphatic carbocycles. The Morgan fingerprint density at radius 3 is 2.90 bits per heavy atom. The number of hydrogen-bond donors (Lipinski definition) is 2. The summed E-state index contributed by atoms with van der Waals surface area (Å²) in [5.41, 5.74) is 7.74. The molecule has 1 aliphatic heterocycles. The molecule has 20 heavy (non-hydrogen) atoms. The smallest absolute Gasteiger partial charge is 0.0316 e. The summed E-state index contributed by atoms with van der Waals surface area (Å²) in [6.07, 6.45) is 0.984. The first kappa shape index (κ1) is 13.6. The summed E-state index contributed by atoms with van der Waals surface area (Å²) in [4.78, 5) is 2.37. The Kier molecular flexibility index (Phi) is 4.01. The summed E-state index contributed by atoms with van der Waals surface area (Å²) in [7, 11) is 2.18. The van der Waals surface area contributed by atoms with Gasteiger partial charge in [0.05, 0.1) is 0 Å². The van der Waals surface area contributed by atoms with Crippen LogP contribution in [0.25, 0.3) is 10.8 Å². The van der Waals surface area contributed by atoms with Gasteiger partial charge >= 0.3 is 0 Å². The van der Waals surface area contributed by atoms with Crippen LogP contribution in [0.5, 0.6) is 0 Å². The number of hydrogen-bond acceptors (Lipinski definition) is 3. The van der Waals surface area contributed by atoms with Crippen molar-refractivity contribution in [2.24, 2.45) is 5.73 Å². The minimum atomic E-state index is 0.0881. The highest BCUT2D eigenvalue weighted by Crippen LogP contribution is 2.25. The van der Waals surface area contributed by atoms with Crippen molar-refractivity contribution >= 4 is 10.8 Å². The quantitative estimate of drug-likeness (QED) is 0.897. The van der Waals surface area contributed by atoms with Crippen LogP contribution in [-0.4, -0.2) is 37.6 Å². The lowest BCUT2D eigenvalue weighted by Gasteiger charge is -2.32. The van der Waals surface area contributed by atoms with Gasteiger partial charge in [-0.25, -0.2) is 0 Å². The van der Waals surface area contributed by atoms with Crippen LogP contribution in [0.2, 0.25) is 0 Å². The van der Waals surface area contributed by atoms with E-state index in [1.807, 2.05) is 0 Å². The van der Waals surface area contributed by atoms with E-state index in [4.69, 9.17) is 5.73 Å². The summed E-state index contributed by atoms with van der Waals surface area (Å²) >= 11 is 0. The van der Waals surface area contributed by atoms with Crippen LogP contribution in [0.1, 0.15) is 18.0 Å². The van der Waals surface area contributed by atoms with Crippen LogP contribution in [0.3, 0.4) is 0 Å². The van der Waals surface area contributed by atoms with Crippen molar-refractivity contribution in [3.05, 3.63) is 48.0 Å². The third-order valence-electron chi connectivity index (χ3n) is 4.22. The van der Waals surface area contributed by atoms with Crippen LogP contribution in [0.15, 0.2) is 42.5 Å². The Bertz CT molecular complexity index is 576. The number of nitrogens with one attached hydrogen (secondary N) is 1. The lowest BCUT2D eigenvalue weighted by atomic mass is 9.94. The summed E-state index contributed by atoms with van der Waals surface area (Å²) in [6.45, 7) is 3.27. The Labute approximate surface area is 120 Å². The van der Waals surface area contributed by atoms with Gasteiger partial charge in [0.1, 0.15) is 0 Å². The van der Waals surface area contributed by atoms with Crippen LogP contribution < -0.4 is 11.1 Å². The molecule has 3 nitrogen and oxygen atoms in total. The minimum absolute atomic E-state index is 0.0881. The predicted octanol–water partition coefficient (Wildman–Crippen LogP) is 2.13. The lowest BCUT2D eigenvalue weighted by molar-refractivity contribution is 0.226. The van der Waals surface area contributed by atoms with E-state index < -0.39 is 0 Å². The molecule has 2 atom stereocenters. The van der Waals surface area contributed by atoms with Crippen LogP contribution in [0.4, 0.5) is 0 Å². The summed E-state index contributed by atoms with van der Waals surface area (Å²) in [6, 6.07) is 15.5. The molecular formula is C17H23N3. The van der Waals surface area contributed by atoms with E-state index in [-0.39, 0.29) is 6.04 Å². The maximum absolute atomic E-state index is 6.48. The number of piperazine rings is 1. The standard InChI is InChI=1S/C17H23N3/c1-20-10-9-19-14(12-20)11-17(18)16-8-4-6-13-5-2-3-7-15(13)16/h2-8,14,17,19H,9-12,18H2,1H3. The second kappa shape index (κ2) is 5.92. The van der Waals surface area contributed by atoms with Crippen molar-refractivity contribution < 1.29 is 0 Å². The third-order valence-corrected chi connectivity index (χ3v) is 4.22. The molecule has 0 radical (unpaired) electrons. The largest absolute Gasteiger partial charge is 0.324 e. The second-order valence-electron chi connectivity index (χ2n) is 5.82. The highest BCUT2D eigenvalue weighted by Gasteiger charge is 2.20.